The van der Waals surface area contributed by atoms with Crippen molar-refractivity contribution in [3.05, 3.63) is 65.8 Å². The van der Waals surface area contributed by atoms with Crippen LogP contribution in [0, 0.1) is 12.3 Å². The largest absolute Gasteiger partial charge is 0.390 e. The highest BCUT2D eigenvalue weighted by Crippen LogP contribution is 2.27. The van der Waals surface area contributed by atoms with Crippen molar-refractivity contribution in [2.45, 2.75) is 41.0 Å². The van der Waals surface area contributed by atoms with E-state index in [1.807, 2.05) is 19.1 Å². The maximum absolute atomic E-state index is 5.44. The highest BCUT2D eigenvalue weighted by molar-refractivity contribution is 5.73. The highest BCUT2D eigenvalue weighted by atomic mass is 15.1. The van der Waals surface area contributed by atoms with Crippen LogP contribution < -0.4 is 16.4 Å². The average Bonchev–Trinajstić information content (AvgIpc) is 2.65. The number of aromatic nitrogens is 2. The number of nitrogens with zero attached hydrogens (tertiary/aromatic N) is 3. The first kappa shape index (κ1) is 22.1. The monoisotopic (exact) mass is 392 g/mol. The van der Waals surface area contributed by atoms with Crippen LogP contribution in [0.3, 0.4) is 0 Å². The summed E-state index contributed by atoms with van der Waals surface area (Å²) < 4.78 is 0. The first-order valence-electron chi connectivity index (χ1n) is 9.71. The Morgan fingerprint density at radius 2 is 1.90 bits per heavy atom. The lowest BCUT2D eigenvalue weighted by Crippen LogP contribution is -2.16. The number of anilines is 2. The van der Waals surface area contributed by atoms with Gasteiger partial charge in [-0.15, -0.1) is 0 Å². The maximum atomic E-state index is 5.44. The number of aryl methyl sites for hydroxylation is 1. The second kappa shape index (κ2) is 9.87. The second-order valence-electron chi connectivity index (χ2n) is 8.05. The van der Waals surface area contributed by atoms with Crippen LogP contribution in [0.15, 0.2) is 59.5 Å². The van der Waals surface area contributed by atoms with E-state index in [9.17, 15) is 0 Å². The van der Waals surface area contributed by atoms with Gasteiger partial charge in [-0.3, -0.25) is 0 Å². The van der Waals surface area contributed by atoms with Gasteiger partial charge in [-0.05, 0) is 37.0 Å². The molecule has 0 fully saturated rings. The Kier molecular flexibility index (Phi) is 7.53. The minimum atomic E-state index is 0.198. The molecule has 4 N–H and O–H groups in total. The van der Waals surface area contributed by atoms with E-state index in [1.54, 1.807) is 0 Å². The Morgan fingerprint density at radius 3 is 2.52 bits per heavy atom. The molecule has 0 radical (unpaired) electrons. The first-order chi connectivity index (χ1) is 13.7. The summed E-state index contributed by atoms with van der Waals surface area (Å²) in [5.41, 5.74) is 11.5. The van der Waals surface area contributed by atoms with Crippen molar-refractivity contribution in [1.29, 1.82) is 0 Å². The summed E-state index contributed by atoms with van der Waals surface area (Å²) in [6.07, 6.45) is 5.76. The number of aliphatic imine (C=N–C) groups is 1. The molecule has 0 saturated carbocycles. The topological polar surface area (TPSA) is 88.2 Å². The lowest BCUT2D eigenvalue weighted by Gasteiger charge is -2.20. The molecular weight excluding hydrogens is 360 g/mol. The molecule has 2 rings (SSSR count). The molecule has 6 heteroatoms. The molecular formula is C23H32N6. The summed E-state index contributed by atoms with van der Waals surface area (Å²) in [6, 6.07) is 8.18. The van der Waals surface area contributed by atoms with E-state index in [0.717, 1.165) is 30.0 Å². The molecule has 1 heterocycles. The van der Waals surface area contributed by atoms with Crippen LogP contribution in [0.25, 0.3) is 0 Å². The number of nitrogens with two attached hydrogens (primary N) is 1. The molecule has 1 aromatic carbocycles. The van der Waals surface area contributed by atoms with Crippen molar-refractivity contribution in [2.24, 2.45) is 16.1 Å². The molecule has 0 atom stereocenters. The van der Waals surface area contributed by atoms with E-state index in [2.05, 4.69) is 78.1 Å². The highest BCUT2D eigenvalue weighted by Gasteiger charge is 2.11. The van der Waals surface area contributed by atoms with E-state index in [-0.39, 0.29) is 5.41 Å². The van der Waals surface area contributed by atoms with Crippen LogP contribution >= 0.6 is 0 Å². The lowest BCUT2D eigenvalue weighted by atomic mass is 9.87. The van der Waals surface area contributed by atoms with E-state index in [4.69, 9.17) is 5.73 Å². The Morgan fingerprint density at radius 1 is 1.21 bits per heavy atom. The number of hydrogen-bond donors (Lipinski definition) is 3. The number of allylic oxidation sites excluding steroid dienone is 2. The standard InChI is InChI=1S/C23H32N6/c1-16(23(4,5)6)11-12-25-17(2)13-19-7-9-20(10-8-19)29-22-21(26-14-24)18(3)27-15-28-22/h7-11,14-15,25H,2,12-13H2,1,3-6H3,(H2,24,26)(H,27,28,29)/b16-11+. The molecule has 154 valence electrons. The molecule has 0 spiro atoms. The smallest absolute Gasteiger partial charge is 0.160 e. The Labute approximate surface area is 174 Å². The lowest BCUT2D eigenvalue weighted by molar-refractivity contribution is 0.501. The summed E-state index contributed by atoms with van der Waals surface area (Å²) in [6.45, 7) is 15.6. The van der Waals surface area contributed by atoms with Gasteiger partial charge in [0.15, 0.2) is 5.82 Å². The van der Waals surface area contributed by atoms with Gasteiger partial charge < -0.3 is 16.4 Å². The van der Waals surface area contributed by atoms with Crippen molar-refractivity contribution in [1.82, 2.24) is 15.3 Å². The number of rotatable bonds is 8. The van der Waals surface area contributed by atoms with Crippen molar-refractivity contribution in [3.8, 4) is 0 Å². The zero-order chi connectivity index (χ0) is 21.4. The summed E-state index contributed by atoms with van der Waals surface area (Å²) >= 11 is 0. The third kappa shape index (κ3) is 6.75. The van der Waals surface area contributed by atoms with Gasteiger partial charge in [-0.25, -0.2) is 15.0 Å². The van der Waals surface area contributed by atoms with E-state index in [0.29, 0.717) is 11.5 Å². The van der Waals surface area contributed by atoms with Crippen LogP contribution in [-0.4, -0.2) is 22.9 Å². The number of hydrogen-bond acceptors (Lipinski definition) is 5. The Balaban J connectivity index is 1.96. The molecule has 0 aliphatic carbocycles. The number of nitrogens with one attached hydrogen (secondary N) is 2. The van der Waals surface area contributed by atoms with E-state index in [1.165, 1.54) is 23.8 Å². The van der Waals surface area contributed by atoms with Crippen LogP contribution in [0.4, 0.5) is 17.2 Å². The summed E-state index contributed by atoms with van der Waals surface area (Å²) in [5.74, 6) is 0.624. The molecule has 1 aromatic heterocycles. The van der Waals surface area contributed by atoms with Crippen molar-refractivity contribution in [2.75, 3.05) is 11.9 Å². The van der Waals surface area contributed by atoms with Gasteiger partial charge in [-0.1, -0.05) is 51.1 Å². The molecule has 0 bridgehead atoms. The second-order valence-corrected chi connectivity index (χ2v) is 8.05. The van der Waals surface area contributed by atoms with Gasteiger partial charge >= 0.3 is 0 Å². The summed E-state index contributed by atoms with van der Waals surface area (Å²) in [4.78, 5) is 12.6. The third-order valence-corrected chi connectivity index (χ3v) is 4.79. The maximum Gasteiger partial charge on any atom is 0.160 e. The van der Waals surface area contributed by atoms with Gasteiger partial charge in [0.05, 0.1) is 12.0 Å². The fourth-order valence-corrected chi connectivity index (χ4v) is 2.59. The molecule has 2 aromatic rings. The van der Waals surface area contributed by atoms with Gasteiger partial charge in [0, 0.05) is 24.4 Å². The average molecular weight is 393 g/mol. The van der Waals surface area contributed by atoms with Gasteiger partial charge in [0.2, 0.25) is 0 Å². The fourth-order valence-electron chi connectivity index (χ4n) is 2.59. The molecule has 0 saturated heterocycles. The zero-order valence-corrected chi connectivity index (χ0v) is 18.1. The molecule has 6 nitrogen and oxygen atoms in total. The van der Waals surface area contributed by atoms with Crippen LogP contribution in [0.1, 0.15) is 39.0 Å². The van der Waals surface area contributed by atoms with Gasteiger partial charge in [0.25, 0.3) is 0 Å². The molecule has 0 aliphatic rings. The summed E-state index contributed by atoms with van der Waals surface area (Å²) in [7, 11) is 0. The first-order valence-corrected chi connectivity index (χ1v) is 9.71. The Bertz CT molecular complexity index is 889. The van der Waals surface area contributed by atoms with E-state index < -0.39 is 0 Å². The van der Waals surface area contributed by atoms with Crippen molar-refractivity contribution < 1.29 is 0 Å². The fraction of sp³-hybridized carbons (Fsp3) is 0.348. The minimum absolute atomic E-state index is 0.198. The van der Waals surface area contributed by atoms with Crippen molar-refractivity contribution >= 4 is 23.5 Å². The van der Waals surface area contributed by atoms with Gasteiger partial charge in [-0.2, -0.15) is 0 Å². The van der Waals surface area contributed by atoms with Crippen LogP contribution in [0.5, 0.6) is 0 Å². The third-order valence-electron chi connectivity index (χ3n) is 4.79. The predicted octanol–water partition coefficient (Wildman–Crippen LogP) is 4.79. The van der Waals surface area contributed by atoms with Crippen LogP contribution in [0.2, 0.25) is 0 Å². The van der Waals surface area contributed by atoms with Crippen LogP contribution in [-0.2, 0) is 6.42 Å². The van der Waals surface area contributed by atoms with Gasteiger partial charge in [0.1, 0.15) is 12.0 Å². The Hall–Kier alpha value is -3.15. The minimum Gasteiger partial charge on any atom is -0.390 e. The molecule has 29 heavy (non-hydrogen) atoms. The molecule has 0 unspecified atom stereocenters. The quantitative estimate of drug-likeness (QED) is 0.342. The predicted molar refractivity (Wildman–Crippen MR) is 123 cm³/mol. The molecule has 0 amide bonds. The number of benzene rings is 1. The van der Waals surface area contributed by atoms with Crippen molar-refractivity contribution in [3.63, 3.8) is 0 Å². The summed E-state index contributed by atoms with van der Waals surface area (Å²) in [5, 5.41) is 6.66. The van der Waals surface area contributed by atoms with E-state index >= 15 is 0 Å². The molecule has 0 aliphatic heterocycles. The normalized spacial score (nSPS) is 12.2. The SMILES string of the molecule is C=C(Cc1ccc(Nc2ncnc(C)c2N=CN)cc1)NC/C=C(\C)C(C)(C)C. The zero-order valence-electron chi connectivity index (χ0n) is 18.1.